The van der Waals surface area contributed by atoms with Gasteiger partial charge < -0.3 is 89.9 Å². The Morgan fingerprint density at radius 3 is 0.908 bits per heavy atom. The fourth-order valence-electron chi connectivity index (χ4n) is 17.3. The number of rotatable bonds is 84. The van der Waals surface area contributed by atoms with Crippen LogP contribution in [0.5, 0.6) is 0 Å². The van der Waals surface area contributed by atoms with Crippen LogP contribution in [0.25, 0.3) is 0 Å². The number of carbonyl (C=O) groups excluding carboxylic acids is 1. The van der Waals surface area contributed by atoms with Crippen LogP contribution in [0.15, 0.2) is 48.6 Å². The van der Waals surface area contributed by atoms with Crippen LogP contribution in [0.1, 0.15) is 450 Å². The molecule has 3 saturated heterocycles. The third kappa shape index (κ3) is 56.5. The lowest BCUT2D eigenvalue weighted by atomic mass is 9.96. The minimum absolute atomic E-state index is 0.232. The normalized spacial score (nSPS) is 24.3. The number of aliphatic hydroxyl groups excluding tert-OH is 11. The minimum Gasteiger partial charge on any atom is -0.394 e. The summed E-state index contributed by atoms with van der Waals surface area (Å²) in [4.78, 5) is 13.6. The van der Waals surface area contributed by atoms with Crippen molar-refractivity contribution >= 4 is 5.91 Å². The molecule has 0 aromatic heterocycles. The predicted octanol–water partition coefficient (Wildman–Crippen LogP) is 21.1. The fraction of sp³-hybridized carbons (Fsp3) is 0.910. The van der Waals surface area contributed by atoms with Crippen molar-refractivity contribution in [3.8, 4) is 0 Å². The lowest BCUT2D eigenvalue weighted by Gasteiger charge is -2.48. The highest BCUT2D eigenvalue weighted by Gasteiger charge is 2.54. The van der Waals surface area contributed by atoms with Crippen molar-refractivity contribution < 1.29 is 89.4 Å². The van der Waals surface area contributed by atoms with Crippen LogP contribution in [-0.2, 0) is 33.2 Å². The zero-order valence-corrected chi connectivity index (χ0v) is 76.1. The van der Waals surface area contributed by atoms with Gasteiger partial charge in [-0.15, -0.1) is 0 Å². The number of nitrogens with one attached hydrogen (secondary N) is 1. The molecule has 0 radical (unpaired) electrons. The summed E-state index contributed by atoms with van der Waals surface area (Å²) >= 11 is 0. The lowest BCUT2D eigenvalue weighted by Crippen LogP contribution is -2.66. The Bertz CT molecular complexity index is 2330. The van der Waals surface area contributed by atoms with E-state index in [4.69, 9.17) is 28.4 Å². The molecule has 3 heterocycles. The maximum atomic E-state index is 13.6. The highest BCUT2D eigenvalue weighted by atomic mass is 16.8. The third-order valence-electron chi connectivity index (χ3n) is 25.2. The Morgan fingerprint density at radius 2 is 0.580 bits per heavy atom. The summed E-state index contributed by atoms with van der Waals surface area (Å²) in [5.41, 5.74) is 0. The molecule has 0 aliphatic carbocycles. The molecule has 119 heavy (non-hydrogen) atoms. The van der Waals surface area contributed by atoms with Crippen LogP contribution in [0, 0.1) is 0 Å². The van der Waals surface area contributed by atoms with E-state index < -0.39 is 124 Å². The van der Waals surface area contributed by atoms with Gasteiger partial charge in [0.2, 0.25) is 5.91 Å². The quantitative estimate of drug-likeness (QED) is 0.0199. The number of unbranched alkanes of at least 4 members (excludes halogenated alkanes) is 60. The number of aliphatic hydroxyl groups is 11. The summed E-state index contributed by atoms with van der Waals surface area (Å²) in [6.45, 7) is 1.77. The number of carbonyl (C=O) groups is 1. The smallest absolute Gasteiger partial charge is 0.220 e. The van der Waals surface area contributed by atoms with E-state index in [-0.39, 0.29) is 18.9 Å². The second kappa shape index (κ2) is 79.2. The van der Waals surface area contributed by atoms with Crippen LogP contribution >= 0.6 is 0 Å². The fourth-order valence-corrected chi connectivity index (χ4v) is 17.3. The van der Waals surface area contributed by atoms with Gasteiger partial charge in [0.05, 0.1) is 38.6 Å². The Kier molecular flexibility index (Phi) is 73.8. The molecule has 0 spiro atoms. The first kappa shape index (κ1) is 111. The summed E-state index contributed by atoms with van der Waals surface area (Å²) in [5, 5.41) is 122. The molecule has 700 valence electrons. The predicted molar refractivity (Wildman–Crippen MR) is 485 cm³/mol. The average molecular weight is 1690 g/mol. The molecule has 3 fully saturated rings. The van der Waals surface area contributed by atoms with E-state index in [2.05, 4.69) is 67.8 Å². The molecular weight excluding hydrogens is 1500 g/mol. The van der Waals surface area contributed by atoms with E-state index >= 15 is 0 Å². The van der Waals surface area contributed by atoms with Crippen molar-refractivity contribution in [2.24, 2.45) is 0 Å². The molecule has 19 heteroatoms. The van der Waals surface area contributed by atoms with E-state index in [1.807, 2.05) is 0 Å². The summed E-state index contributed by atoms with van der Waals surface area (Å²) in [6.07, 6.45) is 78.3. The summed E-state index contributed by atoms with van der Waals surface area (Å²) < 4.78 is 34.7. The first-order chi connectivity index (χ1) is 58.3. The van der Waals surface area contributed by atoms with E-state index in [9.17, 15) is 61.0 Å². The van der Waals surface area contributed by atoms with Crippen molar-refractivity contribution in [1.29, 1.82) is 0 Å². The highest BCUT2D eigenvalue weighted by molar-refractivity contribution is 5.76. The summed E-state index contributed by atoms with van der Waals surface area (Å²) in [6, 6.07) is -0.888. The Balaban J connectivity index is 1.26. The molecule has 0 aromatic rings. The molecule has 3 aliphatic heterocycles. The van der Waals surface area contributed by atoms with E-state index in [1.165, 1.54) is 347 Å². The van der Waals surface area contributed by atoms with Gasteiger partial charge in [-0.2, -0.15) is 0 Å². The first-order valence-corrected chi connectivity index (χ1v) is 50.4. The third-order valence-corrected chi connectivity index (χ3v) is 25.2. The van der Waals surface area contributed by atoms with Crippen molar-refractivity contribution in [1.82, 2.24) is 5.32 Å². The van der Waals surface area contributed by atoms with E-state index in [0.29, 0.717) is 12.8 Å². The number of hydrogen-bond acceptors (Lipinski definition) is 18. The van der Waals surface area contributed by atoms with E-state index in [1.54, 1.807) is 0 Å². The van der Waals surface area contributed by atoms with E-state index in [0.717, 1.165) is 70.6 Å². The van der Waals surface area contributed by atoms with Gasteiger partial charge in [0, 0.05) is 6.42 Å². The van der Waals surface area contributed by atoms with Crippen molar-refractivity contribution in [2.45, 2.75) is 555 Å². The number of ether oxygens (including phenoxy) is 6. The topological polar surface area (TPSA) is 307 Å². The van der Waals surface area contributed by atoms with Gasteiger partial charge in [-0.1, -0.05) is 441 Å². The van der Waals surface area contributed by atoms with Gasteiger partial charge >= 0.3 is 0 Å². The number of allylic oxidation sites excluding steroid dienone is 8. The van der Waals surface area contributed by atoms with Crippen molar-refractivity contribution in [2.75, 3.05) is 26.4 Å². The Labute approximate surface area is 726 Å². The monoisotopic (exact) mass is 1690 g/mol. The van der Waals surface area contributed by atoms with Crippen LogP contribution in [-0.4, -0.2) is 193 Å². The largest absolute Gasteiger partial charge is 0.394 e. The summed E-state index contributed by atoms with van der Waals surface area (Å²) in [7, 11) is 0. The van der Waals surface area contributed by atoms with Crippen LogP contribution in [0.2, 0.25) is 0 Å². The van der Waals surface area contributed by atoms with Crippen molar-refractivity contribution in [3.63, 3.8) is 0 Å². The average Bonchev–Trinajstić information content (AvgIpc) is 0.778. The molecule has 0 bridgehead atoms. The summed E-state index contributed by atoms with van der Waals surface area (Å²) in [5.74, 6) is -0.232. The highest BCUT2D eigenvalue weighted by Crippen LogP contribution is 2.34. The zero-order valence-electron chi connectivity index (χ0n) is 76.1. The minimum atomic E-state index is -1.97. The maximum Gasteiger partial charge on any atom is 0.220 e. The molecule has 0 aromatic carbocycles. The van der Waals surface area contributed by atoms with Gasteiger partial charge in [0.25, 0.3) is 0 Å². The van der Waals surface area contributed by atoms with Gasteiger partial charge in [0.1, 0.15) is 73.2 Å². The molecule has 17 atom stereocenters. The molecule has 17 unspecified atom stereocenters. The Hall–Kier alpha value is -2.25. The first-order valence-electron chi connectivity index (χ1n) is 50.4. The van der Waals surface area contributed by atoms with Crippen LogP contribution < -0.4 is 5.32 Å². The Morgan fingerprint density at radius 1 is 0.311 bits per heavy atom. The van der Waals surface area contributed by atoms with Crippen LogP contribution in [0.4, 0.5) is 0 Å². The molecular formula is C100H187NO18. The van der Waals surface area contributed by atoms with Gasteiger partial charge in [-0.3, -0.25) is 4.79 Å². The second-order valence-electron chi connectivity index (χ2n) is 35.9. The number of hydrogen-bond donors (Lipinski definition) is 12. The second-order valence-corrected chi connectivity index (χ2v) is 35.9. The molecule has 12 N–H and O–H groups in total. The standard InChI is InChI=1S/C100H187NO18/c1-3-5-7-9-11-13-15-17-19-21-23-25-27-29-31-33-35-37-38-39-40-41-42-43-44-46-48-50-52-54-56-58-60-62-64-66-68-70-72-74-76-78-88(106)101-83(84(105)77-75-73-71-69-67-65-63-61-59-57-55-53-51-49-47-45-36-34-32-30-28-26-24-22-20-18-16-14-12-10-8-6-4-2)82-114-98-94(112)91(109)96(86(80-103)116-98)119-100-95(113)92(110)97(87(81-104)117-100)118-99-93(111)90(108)89(107)85(79-102)115-99/h5,7,11,13,17,19,23,25,83-87,89-100,102-105,107-113H,3-4,6,8-10,12,14-16,18,20-22,24,26-82H2,1-2H3,(H,101,106)/b7-5-,13-11-,19-17-,25-23-. The number of amides is 1. The van der Waals surface area contributed by atoms with Gasteiger partial charge in [-0.25, -0.2) is 0 Å². The van der Waals surface area contributed by atoms with Gasteiger partial charge in [0.15, 0.2) is 18.9 Å². The molecule has 19 nitrogen and oxygen atoms in total. The molecule has 1 amide bonds. The zero-order chi connectivity index (χ0) is 85.9. The van der Waals surface area contributed by atoms with Crippen molar-refractivity contribution in [3.05, 3.63) is 48.6 Å². The lowest BCUT2D eigenvalue weighted by molar-refractivity contribution is -0.379. The molecule has 0 saturated carbocycles. The SMILES string of the molecule is CC/C=C\C/C=C\C/C=C\C/C=C\CCCCCCCCCCCCCCCCCCCCCCCCCCCCCCC(=O)NC(COC1OC(CO)C(OC2OC(CO)C(OC3OC(CO)C(O)C(O)C3O)C(O)C2O)C(O)C1O)C(O)CCCCCCCCCCCCCCCCCCCCCCCCCCCCCCCCCCC. The molecule has 3 rings (SSSR count). The van der Waals surface area contributed by atoms with Crippen LogP contribution in [0.3, 0.4) is 0 Å². The molecule has 3 aliphatic rings. The maximum absolute atomic E-state index is 13.6. The van der Waals surface area contributed by atoms with Gasteiger partial charge in [-0.05, 0) is 51.4 Å².